The summed E-state index contributed by atoms with van der Waals surface area (Å²) in [5, 5.41) is 10.5. The number of carboxylic acid groups (broad SMARTS) is 1. The van der Waals surface area contributed by atoms with Gasteiger partial charge >= 0.3 is 5.97 Å². The molecule has 18 heavy (non-hydrogen) atoms. The van der Waals surface area contributed by atoms with Crippen LogP contribution >= 0.6 is 11.3 Å². The highest BCUT2D eigenvalue weighted by atomic mass is 32.1. The third kappa shape index (κ3) is 3.71. The highest BCUT2D eigenvalue weighted by Gasteiger charge is 2.22. The second-order valence-corrected chi connectivity index (χ2v) is 4.35. The minimum absolute atomic E-state index is 0.225. The van der Waals surface area contributed by atoms with Gasteiger partial charge in [-0.2, -0.15) is 0 Å². The number of thiophene rings is 1. The fourth-order valence-corrected chi connectivity index (χ4v) is 2.20. The van der Waals surface area contributed by atoms with E-state index >= 15 is 0 Å². The number of hydrogen-bond donors (Lipinski definition) is 1. The van der Waals surface area contributed by atoms with Gasteiger partial charge in [-0.15, -0.1) is 11.3 Å². The zero-order valence-corrected chi connectivity index (χ0v) is 11.0. The Morgan fingerprint density at radius 1 is 1.44 bits per heavy atom. The van der Waals surface area contributed by atoms with Crippen molar-refractivity contribution in [2.45, 2.75) is 0 Å². The van der Waals surface area contributed by atoms with Crippen LogP contribution in [0.25, 0.3) is 0 Å². The minimum Gasteiger partial charge on any atom is -0.495 e. The maximum atomic E-state index is 12.2. The van der Waals surface area contributed by atoms with Crippen molar-refractivity contribution in [2.75, 3.05) is 33.9 Å². The fourth-order valence-electron chi connectivity index (χ4n) is 1.37. The van der Waals surface area contributed by atoms with Crippen LogP contribution in [0.3, 0.4) is 0 Å². The van der Waals surface area contributed by atoms with E-state index < -0.39 is 5.97 Å². The first-order chi connectivity index (χ1) is 8.60. The van der Waals surface area contributed by atoms with E-state index in [1.165, 1.54) is 30.5 Å². The van der Waals surface area contributed by atoms with Crippen molar-refractivity contribution in [1.82, 2.24) is 4.90 Å². The normalized spacial score (nSPS) is 10.1. The lowest BCUT2D eigenvalue weighted by Gasteiger charge is -2.19. The third-order valence-electron chi connectivity index (χ3n) is 2.22. The first-order valence-electron chi connectivity index (χ1n) is 5.21. The summed E-state index contributed by atoms with van der Waals surface area (Å²) in [6.07, 6.45) is 0. The molecule has 0 bridgehead atoms. The molecule has 0 aromatic carbocycles. The van der Waals surface area contributed by atoms with Crippen LogP contribution in [0.1, 0.15) is 9.67 Å². The van der Waals surface area contributed by atoms with Crippen LogP contribution in [-0.2, 0) is 9.53 Å². The summed E-state index contributed by atoms with van der Waals surface area (Å²) < 4.78 is 9.91. The summed E-state index contributed by atoms with van der Waals surface area (Å²) in [4.78, 5) is 24.5. The van der Waals surface area contributed by atoms with Crippen LogP contribution in [0.4, 0.5) is 0 Å². The number of ether oxygens (including phenoxy) is 2. The molecule has 0 fully saturated rings. The fraction of sp³-hybridized carbons (Fsp3) is 0.455. The van der Waals surface area contributed by atoms with E-state index in [0.717, 1.165) is 0 Å². The van der Waals surface area contributed by atoms with Crippen LogP contribution in [0.2, 0.25) is 0 Å². The van der Waals surface area contributed by atoms with E-state index in [1.807, 2.05) is 0 Å². The largest absolute Gasteiger partial charge is 0.495 e. The minimum atomic E-state index is -1.06. The molecule has 0 aliphatic heterocycles. The molecule has 0 unspecified atom stereocenters. The van der Waals surface area contributed by atoms with Gasteiger partial charge in [0.25, 0.3) is 5.91 Å². The zero-order valence-electron chi connectivity index (χ0n) is 10.2. The molecule has 1 aromatic rings. The molecule has 0 atom stereocenters. The number of carbonyl (C=O) groups excluding carboxylic acids is 1. The van der Waals surface area contributed by atoms with Crippen molar-refractivity contribution in [3.05, 3.63) is 16.3 Å². The van der Waals surface area contributed by atoms with Gasteiger partial charge in [0.2, 0.25) is 0 Å². The average Bonchev–Trinajstić information content (AvgIpc) is 2.81. The second-order valence-electron chi connectivity index (χ2n) is 3.43. The summed E-state index contributed by atoms with van der Waals surface area (Å²) in [5.41, 5.74) is 0. The number of methoxy groups -OCH3 is 2. The lowest BCUT2D eigenvalue weighted by atomic mass is 10.3. The van der Waals surface area contributed by atoms with E-state index in [2.05, 4.69) is 0 Å². The Bertz CT molecular complexity index is 417. The van der Waals surface area contributed by atoms with Crippen molar-refractivity contribution in [1.29, 1.82) is 0 Å². The summed E-state index contributed by atoms with van der Waals surface area (Å²) in [5.74, 6) is -0.964. The van der Waals surface area contributed by atoms with Crippen molar-refractivity contribution >= 4 is 23.2 Å². The van der Waals surface area contributed by atoms with Crippen LogP contribution in [0, 0.1) is 0 Å². The molecule has 1 amide bonds. The molecular weight excluding hydrogens is 258 g/mol. The van der Waals surface area contributed by atoms with Crippen LogP contribution in [0.15, 0.2) is 11.4 Å². The van der Waals surface area contributed by atoms with E-state index in [0.29, 0.717) is 10.6 Å². The SMILES string of the molecule is COCCN(CC(=O)O)C(=O)c1sccc1OC. The van der Waals surface area contributed by atoms with Gasteiger partial charge in [-0.25, -0.2) is 0 Å². The Balaban J connectivity index is 2.83. The van der Waals surface area contributed by atoms with Gasteiger partial charge in [-0.05, 0) is 11.4 Å². The van der Waals surface area contributed by atoms with E-state index in [1.54, 1.807) is 11.4 Å². The van der Waals surface area contributed by atoms with Gasteiger partial charge in [-0.3, -0.25) is 9.59 Å². The second kappa shape index (κ2) is 6.97. The Morgan fingerprint density at radius 2 is 2.17 bits per heavy atom. The number of hydrogen-bond acceptors (Lipinski definition) is 5. The molecule has 1 rings (SSSR count). The third-order valence-corrected chi connectivity index (χ3v) is 3.11. The Labute approximate surface area is 109 Å². The lowest BCUT2D eigenvalue weighted by molar-refractivity contribution is -0.137. The topological polar surface area (TPSA) is 76.1 Å². The molecule has 0 saturated carbocycles. The number of nitrogens with zero attached hydrogens (tertiary/aromatic N) is 1. The number of carboxylic acids is 1. The Kier molecular flexibility index (Phi) is 5.60. The van der Waals surface area contributed by atoms with Crippen molar-refractivity contribution in [2.24, 2.45) is 0 Å². The first-order valence-corrected chi connectivity index (χ1v) is 6.09. The zero-order chi connectivity index (χ0) is 13.5. The van der Waals surface area contributed by atoms with E-state index in [-0.39, 0.29) is 25.6 Å². The molecule has 0 aliphatic carbocycles. The molecule has 7 heteroatoms. The predicted molar refractivity (Wildman–Crippen MR) is 66.3 cm³/mol. The molecule has 1 N–H and O–H groups in total. The monoisotopic (exact) mass is 273 g/mol. The van der Waals surface area contributed by atoms with Gasteiger partial charge in [-0.1, -0.05) is 0 Å². The molecule has 0 radical (unpaired) electrons. The maximum absolute atomic E-state index is 12.2. The van der Waals surface area contributed by atoms with Crippen LogP contribution in [0.5, 0.6) is 5.75 Å². The average molecular weight is 273 g/mol. The molecule has 0 aliphatic rings. The Morgan fingerprint density at radius 3 is 2.72 bits per heavy atom. The summed E-state index contributed by atoms with van der Waals surface area (Å²) >= 11 is 1.22. The molecule has 6 nitrogen and oxygen atoms in total. The smallest absolute Gasteiger partial charge is 0.323 e. The molecule has 0 saturated heterocycles. The standard InChI is InChI=1S/C11H15NO5S/c1-16-5-4-12(7-9(13)14)11(15)10-8(17-2)3-6-18-10/h3,6H,4-5,7H2,1-2H3,(H,13,14). The molecule has 1 heterocycles. The summed E-state index contributed by atoms with van der Waals surface area (Å²) in [6.45, 7) is 0.151. The molecule has 1 aromatic heterocycles. The number of rotatable bonds is 7. The molecule has 0 spiro atoms. The predicted octanol–water partition coefficient (Wildman–Crippen LogP) is 0.930. The Hall–Kier alpha value is -1.60. The van der Waals surface area contributed by atoms with Crippen molar-refractivity contribution in [3.8, 4) is 5.75 Å². The summed E-state index contributed by atoms with van der Waals surface area (Å²) in [6, 6.07) is 1.67. The quantitative estimate of drug-likeness (QED) is 0.799. The highest BCUT2D eigenvalue weighted by molar-refractivity contribution is 7.12. The summed E-state index contributed by atoms with van der Waals surface area (Å²) in [7, 11) is 2.96. The highest BCUT2D eigenvalue weighted by Crippen LogP contribution is 2.25. The van der Waals surface area contributed by atoms with Crippen LogP contribution < -0.4 is 4.74 Å². The first kappa shape index (κ1) is 14.5. The van der Waals surface area contributed by atoms with Gasteiger partial charge in [0, 0.05) is 13.7 Å². The number of amides is 1. The molecular formula is C11H15NO5S. The van der Waals surface area contributed by atoms with Gasteiger partial charge in [0.15, 0.2) is 0 Å². The van der Waals surface area contributed by atoms with Gasteiger partial charge < -0.3 is 19.5 Å². The maximum Gasteiger partial charge on any atom is 0.323 e. The number of carbonyl (C=O) groups is 2. The van der Waals surface area contributed by atoms with Crippen LogP contribution in [-0.4, -0.2) is 55.8 Å². The van der Waals surface area contributed by atoms with E-state index in [9.17, 15) is 9.59 Å². The van der Waals surface area contributed by atoms with Gasteiger partial charge in [0.05, 0.1) is 13.7 Å². The van der Waals surface area contributed by atoms with Crippen molar-refractivity contribution in [3.63, 3.8) is 0 Å². The van der Waals surface area contributed by atoms with Crippen molar-refractivity contribution < 1.29 is 24.2 Å². The van der Waals surface area contributed by atoms with E-state index in [4.69, 9.17) is 14.6 Å². The lowest BCUT2D eigenvalue weighted by Crippen LogP contribution is -2.37. The van der Waals surface area contributed by atoms with Gasteiger partial charge in [0.1, 0.15) is 17.2 Å². The molecule has 100 valence electrons. The number of aliphatic carboxylic acids is 1.